The zero-order chi connectivity index (χ0) is 10.7. The Balaban J connectivity index is 2.30. The SMILES string of the molecule is COc1cccc2c1CCN(C=O)CC2. The Morgan fingerprint density at radius 2 is 2.13 bits per heavy atom. The highest BCUT2D eigenvalue weighted by molar-refractivity contribution is 5.49. The lowest BCUT2D eigenvalue weighted by Gasteiger charge is -2.12. The molecule has 0 N–H and O–H groups in total. The Bertz CT molecular complexity index is 363. The predicted octanol–water partition coefficient (Wildman–Crippen LogP) is 1.25. The van der Waals surface area contributed by atoms with E-state index in [0.717, 1.165) is 38.1 Å². The van der Waals surface area contributed by atoms with E-state index in [1.165, 1.54) is 11.1 Å². The Hall–Kier alpha value is -1.51. The standard InChI is InChI=1S/C12H15NO2/c1-15-12-4-2-3-10-5-7-13(9-14)8-6-11(10)12/h2-4,9H,5-8H2,1H3. The normalized spacial score (nSPS) is 15.4. The molecule has 0 radical (unpaired) electrons. The van der Waals surface area contributed by atoms with Crippen LogP contribution in [0.4, 0.5) is 0 Å². The van der Waals surface area contributed by atoms with Crippen molar-refractivity contribution in [2.24, 2.45) is 0 Å². The van der Waals surface area contributed by atoms with Gasteiger partial charge in [0.1, 0.15) is 5.75 Å². The fraction of sp³-hybridized carbons (Fsp3) is 0.417. The molecule has 0 atom stereocenters. The highest BCUT2D eigenvalue weighted by Gasteiger charge is 2.15. The Morgan fingerprint density at radius 3 is 2.87 bits per heavy atom. The molecule has 1 aliphatic rings. The van der Waals surface area contributed by atoms with Crippen molar-refractivity contribution >= 4 is 6.41 Å². The zero-order valence-corrected chi connectivity index (χ0v) is 8.90. The van der Waals surface area contributed by atoms with E-state index in [-0.39, 0.29) is 0 Å². The maximum absolute atomic E-state index is 10.7. The van der Waals surface area contributed by atoms with Crippen LogP contribution < -0.4 is 4.74 Å². The third kappa shape index (κ3) is 1.96. The van der Waals surface area contributed by atoms with Crippen molar-refractivity contribution in [1.82, 2.24) is 4.90 Å². The lowest BCUT2D eigenvalue weighted by molar-refractivity contribution is -0.118. The Labute approximate surface area is 89.7 Å². The van der Waals surface area contributed by atoms with Crippen LogP contribution in [0, 0.1) is 0 Å². The molecule has 0 unspecified atom stereocenters. The molecule has 0 saturated heterocycles. The van der Waals surface area contributed by atoms with Gasteiger partial charge >= 0.3 is 0 Å². The van der Waals surface area contributed by atoms with Crippen LogP contribution in [0.1, 0.15) is 11.1 Å². The molecule has 1 aliphatic heterocycles. The van der Waals surface area contributed by atoms with Gasteiger partial charge < -0.3 is 9.64 Å². The summed E-state index contributed by atoms with van der Waals surface area (Å²) in [6.07, 6.45) is 2.74. The maximum atomic E-state index is 10.7. The second-order valence-electron chi connectivity index (χ2n) is 3.74. The van der Waals surface area contributed by atoms with E-state index in [0.29, 0.717) is 0 Å². The number of carbonyl (C=O) groups excluding carboxylic acids is 1. The molecule has 1 heterocycles. The van der Waals surface area contributed by atoms with Crippen molar-refractivity contribution < 1.29 is 9.53 Å². The van der Waals surface area contributed by atoms with E-state index >= 15 is 0 Å². The molecule has 80 valence electrons. The first-order chi connectivity index (χ1) is 7.35. The molecular formula is C12H15NO2. The summed E-state index contributed by atoms with van der Waals surface area (Å²) >= 11 is 0. The Morgan fingerprint density at radius 1 is 1.33 bits per heavy atom. The minimum Gasteiger partial charge on any atom is -0.496 e. The van der Waals surface area contributed by atoms with Crippen LogP contribution in [0.5, 0.6) is 5.75 Å². The van der Waals surface area contributed by atoms with E-state index in [2.05, 4.69) is 6.07 Å². The molecule has 1 aromatic rings. The van der Waals surface area contributed by atoms with E-state index in [1.54, 1.807) is 7.11 Å². The van der Waals surface area contributed by atoms with Crippen molar-refractivity contribution in [3.05, 3.63) is 29.3 Å². The van der Waals surface area contributed by atoms with Gasteiger partial charge in [-0.25, -0.2) is 0 Å². The second-order valence-corrected chi connectivity index (χ2v) is 3.74. The number of carbonyl (C=O) groups is 1. The highest BCUT2D eigenvalue weighted by atomic mass is 16.5. The molecule has 0 bridgehead atoms. The van der Waals surface area contributed by atoms with Gasteiger partial charge in [-0.2, -0.15) is 0 Å². The molecule has 0 aromatic heterocycles. The molecule has 1 aromatic carbocycles. The van der Waals surface area contributed by atoms with Crippen molar-refractivity contribution in [3.63, 3.8) is 0 Å². The predicted molar refractivity (Wildman–Crippen MR) is 58.0 cm³/mol. The average molecular weight is 205 g/mol. The van der Waals surface area contributed by atoms with Crippen LogP contribution >= 0.6 is 0 Å². The van der Waals surface area contributed by atoms with Gasteiger partial charge in [0.2, 0.25) is 6.41 Å². The number of fused-ring (bicyclic) bond motifs is 1. The largest absolute Gasteiger partial charge is 0.496 e. The summed E-state index contributed by atoms with van der Waals surface area (Å²) in [6.45, 7) is 1.60. The Kier molecular flexibility index (Phi) is 2.90. The van der Waals surface area contributed by atoms with Gasteiger partial charge in [0.05, 0.1) is 7.11 Å². The van der Waals surface area contributed by atoms with E-state index < -0.39 is 0 Å². The highest BCUT2D eigenvalue weighted by Crippen LogP contribution is 2.25. The van der Waals surface area contributed by atoms with Gasteiger partial charge in [0, 0.05) is 13.1 Å². The fourth-order valence-corrected chi connectivity index (χ4v) is 2.06. The van der Waals surface area contributed by atoms with E-state index in [4.69, 9.17) is 4.74 Å². The fourth-order valence-electron chi connectivity index (χ4n) is 2.06. The maximum Gasteiger partial charge on any atom is 0.209 e. The zero-order valence-electron chi connectivity index (χ0n) is 8.90. The van der Waals surface area contributed by atoms with Crippen molar-refractivity contribution in [3.8, 4) is 5.75 Å². The topological polar surface area (TPSA) is 29.5 Å². The van der Waals surface area contributed by atoms with E-state index in [1.807, 2.05) is 17.0 Å². The summed E-state index contributed by atoms with van der Waals surface area (Å²) in [7, 11) is 1.69. The lowest BCUT2D eigenvalue weighted by Crippen LogP contribution is -2.24. The first kappa shape index (κ1) is 10.0. The summed E-state index contributed by atoms with van der Waals surface area (Å²) in [4.78, 5) is 12.5. The van der Waals surface area contributed by atoms with Crippen molar-refractivity contribution in [2.75, 3.05) is 20.2 Å². The average Bonchev–Trinajstić information content (AvgIpc) is 2.50. The molecular weight excluding hydrogens is 190 g/mol. The molecule has 3 nitrogen and oxygen atoms in total. The number of hydrogen-bond donors (Lipinski definition) is 0. The summed E-state index contributed by atoms with van der Waals surface area (Å²) in [5.41, 5.74) is 2.56. The summed E-state index contributed by atoms with van der Waals surface area (Å²) in [5, 5.41) is 0. The number of amides is 1. The lowest BCUT2D eigenvalue weighted by atomic mass is 10.0. The number of rotatable bonds is 2. The van der Waals surface area contributed by atoms with Crippen LogP contribution in [0.15, 0.2) is 18.2 Å². The minimum atomic E-state index is 0.789. The smallest absolute Gasteiger partial charge is 0.209 e. The molecule has 0 saturated carbocycles. The van der Waals surface area contributed by atoms with Crippen molar-refractivity contribution in [2.45, 2.75) is 12.8 Å². The monoisotopic (exact) mass is 205 g/mol. The van der Waals surface area contributed by atoms with Gasteiger partial charge in [0.15, 0.2) is 0 Å². The first-order valence-electron chi connectivity index (χ1n) is 5.19. The van der Waals surface area contributed by atoms with Crippen LogP contribution in [0.3, 0.4) is 0 Å². The van der Waals surface area contributed by atoms with Gasteiger partial charge in [0.25, 0.3) is 0 Å². The summed E-state index contributed by atoms with van der Waals surface area (Å²) < 4.78 is 5.33. The molecule has 15 heavy (non-hydrogen) atoms. The van der Waals surface area contributed by atoms with Gasteiger partial charge in [-0.3, -0.25) is 4.79 Å². The van der Waals surface area contributed by atoms with E-state index in [9.17, 15) is 4.79 Å². The molecule has 1 amide bonds. The molecule has 3 heteroatoms. The first-order valence-corrected chi connectivity index (χ1v) is 5.19. The number of ether oxygens (including phenoxy) is 1. The minimum absolute atomic E-state index is 0.789. The summed E-state index contributed by atoms with van der Waals surface area (Å²) in [5.74, 6) is 0.945. The number of hydrogen-bond acceptors (Lipinski definition) is 2. The van der Waals surface area contributed by atoms with Gasteiger partial charge in [-0.1, -0.05) is 12.1 Å². The number of benzene rings is 1. The van der Waals surface area contributed by atoms with Crippen LogP contribution in [0.2, 0.25) is 0 Å². The number of methoxy groups -OCH3 is 1. The van der Waals surface area contributed by atoms with Crippen LogP contribution in [0.25, 0.3) is 0 Å². The third-order valence-corrected chi connectivity index (χ3v) is 2.92. The molecule has 0 aliphatic carbocycles. The molecule has 0 spiro atoms. The molecule has 2 rings (SSSR count). The molecule has 0 fully saturated rings. The van der Waals surface area contributed by atoms with Crippen molar-refractivity contribution in [1.29, 1.82) is 0 Å². The van der Waals surface area contributed by atoms with Crippen LogP contribution in [-0.2, 0) is 17.6 Å². The van der Waals surface area contributed by atoms with Gasteiger partial charge in [-0.15, -0.1) is 0 Å². The number of nitrogens with zero attached hydrogens (tertiary/aromatic N) is 1. The van der Waals surface area contributed by atoms with Crippen LogP contribution in [-0.4, -0.2) is 31.5 Å². The summed E-state index contributed by atoms with van der Waals surface area (Å²) in [6, 6.07) is 6.11. The second kappa shape index (κ2) is 4.34. The van der Waals surface area contributed by atoms with Gasteiger partial charge in [-0.05, 0) is 30.0 Å². The third-order valence-electron chi connectivity index (χ3n) is 2.92. The quantitative estimate of drug-likeness (QED) is 0.680.